The topological polar surface area (TPSA) is 29.1 Å². The van der Waals surface area contributed by atoms with Crippen LogP contribution >= 0.6 is 27.5 Å². The summed E-state index contributed by atoms with van der Waals surface area (Å²) in [5.74, 6) is -1.14. The second kappa shape index (κ2) is 5.78. The number of halogens is 3. The molecular formula is C16H12BrClFNO. The molecule has 1 aliphatic carbocycles. The van der Waals surface area contributed by atoms with E-state index in [1.54, 1.807) is 6.07 Å². The van der Waals surface area contributed by atoms with Crippen LogP contribution in [0.3, 0.4) is 0 Å². The highest BCUT2D eigenvalue weighted by Crippen LogP contribution is 2.36. The minimum absolute atomic E-state index is 0.0356. The van der Waals surface area contributed by atoms with Gasteiger partial charge in [0, 0.05) is 4.83 Å². The molecule has 0 saturated heterocycles. The molecule has 1 N–H and O–H groups in total. The van der Waals surface area contributed by atoms with Crippen molar-refractivity contribution in [3.8, 4) is 0 Å². The third-order valence-electron chi connectivity index (χ3n) is 3.65. The second-order valence-corrected chi connectivity index (χ2v) is 6.55. The van der Waals surface area contributed by atoms with Crippen LogP contribution in [0.4, 0.5) is 4.39 Å². The maximum Gasteiger partial charge on any atom is 0.254 e. The zero-order chi connectivity index (χ0) is 15.0. The lowest BCUT2D eigenvalue weighted by Gasteiger charge is -2.18. The van der Waals surface area contributed by atoms with E-state index in [-0.39, 0.29) is 21.5 Å². The van der Waals surface area contributed by atoms with Crippen molar-refractivity contribution in [2.75, 3.05) is 0 Å². The Morgan fingerprint density at radius 3 is 2.81 bits per heavy atom. The van der Waals surface area contributed by atoms with Gasteiger partial charge in [-0.05, 0) is 29.7 Å². The van der Waals surface area contributed by atoms with Gasteiger partial charge in [0.25, 0.3) is 5.91 Å². The summed E-state index contributed by atoms with van der Waals surface area (Å²) in [7, 11) is 0. The van der Waals surface area contributed by atoms with E-state index in [1.807, 2.05) is 24.3 Å². The molecule has 0 spiro atoms. The van der Waals surface area contributed by atoms with Gasteiger partial charge < -0.3 is 5.32 Å². The van der Waals surface area contributed by atoms with Gasteiger partial charge in [-0.1, -0.05) is 57.9 Å². The van der Waals surface area contributed by atoms with Crippen LogP contribution in [0.5, 0.6) is 0 Å². The number of fused-ring (bicyclic) bond motifs is 1. The van der Waals surface area contributed by atoms with Crippen LogP contribution in [0.1, 0.15) is 27.5 Å². The number of amides is 1. The Hall–Kier alpha value is -1.39. The van der Waals surface area contributed by atoms with Crippen molar-refractivity contribution in [2.24, 2.45) is 0 Å². The van der Waals surface area contributed by atoms with Gasteiger partial charge in [0.1, 0.15) is 0 Å². The van der Waals surface area contributed by atoms with Gasteiger partial charge in [0.05, 0.1) is 16.6 Å². The summed E-state index contributed by atoms with van der Waals surface area (Å²) in [6, 6.07) is 12.2. The lowest BCUT2D eigenvalue weighted by molar-refractivity contribution is 0.0934. The van der Waals surface area contributed by atoms with Gasteiger partial charge >= 0.3 is 0 Å². The van der Waals surface area contributed by atoms with E-state index in [0.717, 1.165) is 12.0 Å². The average molecular weight is 369 g/mol. The van der Waals surface area contributed by atoms with Crippen molar-refractivity contribution < 1.29 is 9.18 Å². The molecule has 2 nitrogen and oxygen atoms in total. The van der Waals surface area contributed by atoms with E-state index in [4.69, 9.17) is 11.6 Å². The summed E-state index contributed by atoms with van der Waals surface area (Å²) in [6.45, 7) is 0. The van der Waals surface area contributed by atoms with Crippen LogP contribution in [-0.2, 0) is 6.42 Å². The van der Waals surface area contributed by atoms with Gasteiger partial charge in [-0.15, -0.1) is 0 Å². The molecule has 2 unspecified atom stereocenters. The Balaban J connectivity index is 1.87. The number of alkyl halides is 1. The van der Waals surface area contributed by atoms with Crippen molar-refractivity contribution in [1.82, 2.24) is 5.32 Å². The quantitative estimate of drug-likeness (QED) is 0.788. The number of rotatable bonds is 2. The predicted molar refractivity (Wildman–Crippen MR) is 84.5 cm³/mol. The van der Waals surface area contributed by atoms with Crippen molar-refractivity contribution in [3.63, 3.8) is 0 Å². The number of benzene rings is 2. The average Bonchev–Trinajstić information content (AvgIpc) is 2.78. The van der Waals surface area contributed by atoms with Gasteiger partial charge in [-0.2, -0.15) is 0 Å². The lowest BCUT2D eigenvalue weighted by atomic mass is 10.1. The van der Waals surface area contributed by atoms with E-state index in [2.05, 4.69) is 21.2 Å². The van der Waals surface area contributed by atoms with Crippen LogP contribution in [-0.4, -0.2) is 10.7 Å². The maximum absolute atomic E-state index is 13.9. The predicted octanol–water partition coefficient (Wildman–Crippen LogP) is 4.27. The molecule has 2 aromatic carbocycles. The Bertz CT molecular complexity index is 706. The first-order valence-electron chi connectivity index (χ1n) is 6.54. The molecule has 5 heteroatoms. The minimum atomic E-state index is -0.686. The minimum Gasteiger partial charge on any atom is -0.344 e. The standard InChI is InChI=1S/C16H12BrClFNO/c17-12-8-9-4-1-2-5-10(9)15(12)20-16(21)11-6-3-7-13(18)14(11)19/h1-7,12,15H,8H2,(H,20,21). The fourth-order valence-corrected chi connectivity index (χ4v) is 3.55. The lowest BCUT2D eigenvalue weighted by Crippen LogP contribution is -2.32. The van der Waals surface area contributed by atoms with Crippen LogP contribution < -0.4 is 5.32 Å². The number of nitrogens with one attached hydrogen (secondary N) is 1. The molecule has 0 aromatic heterocycles. The molecule has 0 radical (unpaired) electrons. The molecule has 0 bridgehead atoms. The SMILES string of the molecule is O=C(NC1c2ccccc2CC1Br)c1cccc(Cl)c1F. The smallest absolute Gasteiger partial charge is 0.254 e. The highest BCUT2D eigenvalue weighted by atomic mass is 79.9. The Kier molecular flexibility index (Phi) is 4.00. The maximum atomic E-state index is 13.9. The molecule has 2 atom stereocenters. The third-order valence-corrected chi connectivity index (χ3v) is 4.79. The molecular weight excluding hydrogens is 357 g/mol. The monoisotopic (exact) mass is 367 g/mol. The van der Waals surface area contributed by atoms with E-state index in [9.17, 15) is 9.18 Å². The van der Waals surface area contributed by atoms with E-state index in [1.165, 1.54) is 17.7 Å². The van der Waals surface area contributed by atoms with Crippen LogP contribution in [0.15, 0.2) is 42.5 Å². The first-order valence-corrected chi connectivity index (χ1v) is 7.84. The molecule has 0 fully saturated rings. The summed E-state index contributed by atoms with van der Waals surface area (Å²) in [4.78, 5) is 12.4. The Morgan fingerprint density at radius 2 is 2.00 bits per heavy atom. The highest BCUT2D eigenvalue weighted by molar-refractivity contribution is 9.09. The molecule has 0 saturated carbocycles. The fraction of sp³-hybridized carbons (Fsp3) is 0.188. The first kappa shape index (κ1) is 14.5. The molecule has 1 amide bonds. The summed E-state index contributed by atoms with van der Waals surface area (Å²) in [5.41, 5.74) is 2.22. The summed E-state index contributed by atoms with van der Waals surface area (Å²) in [6.07, 6.45) is 0.832. The molecule has 21 heavy (non-hydrogen) atoms. The van der Waals surface area contributed by atoms with Crippen molar-refractivity contribution >= 4 is 33.4 Å². The van der Waals surface area contributed by atoms with Crippen molar-refractivity contribution in [1.29, 1.82) is 0 Å². The van der Waals surface area contributed by atoms with Gasteiger partial charge in [-0.3, -0.25) is 4.79 Å². The van der Waals surface area contributed by atoms with E-state index >= 15 is 0 Å². The number of carbonyl (C=O) groups excluding carboxylic acids is 1. The van der Waals surface area contributed by atoms with Gasteiger partial charge in [-0.25, -0.2) is 4.39 Å². The van der Waals surface area contributed by atoms with Crippen molar-refractivity contribution in [3.05, 3.63) is 70.0 Å². The normalized spacial score (nSPS) is 20.1. The highest BCUT2D eigenvalue weighted by Gasteiger charge is 2.32. The van der Waals surface area contributed by atoms with Crippen LogP contribution in [0.25, 0.3) is 0 Å². The van der Waals surface area contributed by atoms with Crippen LogP contribution in [0, 0.1) is 5.82 Å². The van der Waals surface area contributed by atoms with Gasteiger partial charge in [0.15, 0.2) is 5.82 Å². The first-order chi connectivity index (χ1) is 10.1. The molecule has 0 heterocycles. The largest absolute Gasteiger partial charge is 0.344 e. The number of hydrogen-bond donors (Lipinski definition) is 1. The zero-order valence-corrected chi connectivity index (χ0v) is 13.3. The zero-order valence-electron chi connectivity index (χ0n) is 10.9. The summed E-state index contributed by atoms with van der Waals surface area (Å²) >= 11 is 9.31. The molecule has 1 aliphatic rings. The van der Waals surface area contributed by atoms with Crippen LogP contribution in [0.2, 0.25) is 5.02 Å². The van der Waals surface area contributed by atoms with E-state index < -0.39 is 11.7 Å². The molecule has 0 aliphatic heterocycles. The number of hydrogen-bond acceptors (Lipinski definition) is 1. The van der Waals surface area contributed by atoms with Crippen molar-refractivity contribution in [2.45, 2.75) is 17.3 Å². The Labute approximate surface area is 135 Å². The van der Waals surface area contributed by atoms with E-state index in [0.29, 0.717) is 0 Å². The Morgan fingerprint density at radius 1 is 1.24 bits per heavy atom. The summed E-state index contributed by atoms with van der Waals surface area (Å²) < 4.78 is 13.9. The molecule has 108 valence electrons. The fourth-order valence-electron chi connectivity index (χ4n) is 2.61. The second-order valence-electron chi connectivity index (χ2n) is 4.97. The molecule has 2 aromatic rings. The molecule has 3 rings (SSSR count). The third kappa shape index (κ3) is 2.70. The summed E-state index contributed by atoms with van der Waals surface area (Å²) in [5, 5.41) is 2.83. The van der Waals surface area contributed by atoms with Gasteiger partial charge in [0.2, 0.25) is 0 Å². The number of carbonyl (C=O) groups is 1.